The van der Waals surface area contributed by atoms with Gasteiger partial charge in [0.05, 0.1) is 6.10 Å². The molecule has 0 spiro atoms. The molecule has 2 saturated carbocycles. The second-order valence-electron chi connectivity index (χ2n) is 6.76. The molecule has 1 nitrogen and oxygen atoms in total. The van der Waals surface area contributed by atoms with Gasteiger partial charge in [0.2, 0.25) is 0 Å². The van der Waals surface area contributed by atoms with Crippen LogP contribution in [-0.2, 0) is 0 Å². The van der Waals surface area contributed by atoms with Gasteiger partial charge in [-0.05, 0) is 42.4 Å². The molecule has 0 heterocycles. The van der Waals surface area contributed by atoms with Crippen LogP contribution in [0.15, 0.2) is 47.2 Å². The predicted molar refractivity (Wildman–Crippen MR) is 82.3 cm³/mol. The normalized spacial score (nSPS) is 26.1. The van der Waals surface area contributed by atoms with E-state index < -0.39 is 6.10 Å². The van der Waals surface area contributed by atoms with Crippen molar-refractivity contribution in [3.63, 3.8) is 0 Å². The zero-order chi connectivity index (χ0) is 14.2. The molecule has 0 saturated heterocycles. The topological polar surface area (TPSA) is 20.2 Å². The molecule has 0 aliphatic heterocycles. The second-order valence-corrected chi connectivity index (χ2v) is 6.76. The van der Waals surface area contributed by atoms with Gasteiger partial charge < -0.3 is 5.11 Å². The van der Waals surface area contributed by atoms with E-state index in [1.54, 1.807) is 0 Å². The summed E-state index contributed by atoms with van der Waals surface area (Å²) < 4.78 is 0. The van der Waals surface area contributed by atoms with Crippen molar-refractivity contribution >= 4 is 0 Å². The van der Waals surface area contributed by atoms with Crippen molar-refractivity contribution in [1.29, 1.82) is 0 Å². The van der Waals surface area contributed by atoms with Gasteiger partial charge in [0.1, 0.15) is 0 Å². The molecule has 1 N–H and O–H groups in total. The highest BCUT2D eigenvalue weighted by Gasteiger charge is 2.56. The summed E-state index contributed by atoms with van der Waals surface area (Å²) in [4.78, 5) is 0. The van der Waals surface area contributed by atoms with Crippen LogP contribution in [0.25, 0.3) is 0 Å². The van der Waals surface area contributed by atoms with Gasteiger partial charge in [-0.2, -0.15) is 0 Å². The highest BCUT2D eigenvalue weighted by Crippen LogP contribution is 2.62. The summed E-state index contributed by atoms with van der Waals surface area (Å²) in [6.45, 7) is 4.46. The van der Waals surface area contributed by atoms with Gasteiger partial charge in [-0.1, -0.05) is 50.6 Å². The standard InChI is InChI=1S/C19H24O/c1-19(2)16(13-14-9-5-3-6-10-14)17(19)18(20)15-11-7-4-8-12-15/h4,7-8,11-12,17-18,20H,3,5-6,9-10H2,1-2H3/t17-,18+/m1/s1. The van der Waals surface area contributed by atoms with Crippen LogP contribution >= 0.6 is 0 Å². The van der Waals surface area contributed by atoms with Crippen molar-refractivity contribution in [3.8, 4) is 0 Å². The average Bonchev–Trinajstić information content (AvgIpc) is 3.01. The highest BCUT2D eigenvalue weighted by atomic mass is 16.3. The molecular weight excluding hydrogens is 244 g/mol. The third-order valence-corrected chi connectivity index (χ3v) is 4.92. The van der Waals surface area contributed by atoms with Crippen LogP contribution in [0, 0.1) is 11.3 Å². The Balaban J connectivity index is 1.86. The molecule has 3 rings (SSSR count). The van der Waals surface area contributed by atoms with E-state index in [0.29, 0.717) is 0 Å². The number of benzene rings is 1. The van der Waals surface area contributed by atoms with Gasteiger partial charge in [0.25, 0.3) is 0 Å². The van der Waals surface area contributed by atoms with E-state index in [2.05, 4.69) is 19.6 Å². The molecular formula is C19H24O. The first kappa shape index (κ1) is 13.7. The van der Waals surface area contributed by atoms with E-state index in [1.807, 2.05) is 30.3 Å². The Morgan fingerprint density at radius 3 is 2.40 bits per heavy atom. The van der Waals surface area contributed by atoms with Gasteiger partial charge in [0.15, 0.2) is 0 Å². The van der Waals surface area contributed by atoms with Crippen LogP contribution in [0.4, 0.5) is 0 Å². The lowest BCUT2D eigenvalue weighted by molar-refractivity contribution is 0.140. The first-order valence-corrected chi connectivity index (χ1v) is 7.83. The van der Waals surface area contributed by atoms with Crippen LogP contribution in [0.5, 0.6) is 0 Å². The van der Waals surface area contributed by atoms with Gasteiger partial charge in [-0.3, -0.25) is 0 Å². The maximum Gasteiger partial charge on any atom is 0.0870 e. The summed E-state index contributed by atoms with van der Waals surface area (Å²) >= 11 is 0. The van der Waals surface area contributed by atoms with Crippen molar-refractivity contribution in [1.82, 2.24) is 0 Å². The average molecular weight is 268 g/mol. The summed E-state index contributed by atoms with van der Waals surface area (Å²) in [6, 6.07) is 10.0. The van der Waals surface area contributed by atoms with Crippen LogP contribution in [0.2, 0.25) is 0 Å². The van der Waals surface area contributed by atoms with E-state index >= 15 is 0 Å². The summed E-state index contributed by atoms with van der Waals surface area (Å²) in [5.41, 5.74) is 7.58. The van der Waals surface area contributed by atoms with Crippen LogP contribution in [0.3, 0.4) is 0 Å². The van der Waals surface area contributed by atoms with Crippen molar-refractivity contribution < 1.29 is 5.11 Å². The van der Waals surface area contributed by atoms with Gasteiger partial charge in [0, 0.05) is 11.3 Å². The molecule has 0 aromatic heterocycles. The largest absolute Gasteiger partial charge is 0.388 e. The molecule has 0 radical (unpaired) electrons. The van der Waals surface area contributed by atoms with E-state index in [4.69, 9.17) is 0 Å². The molecule has 1 aromatic carbocycles. The smallest absolute Gasteiger partial charge is 0.0870 e. The number of hydrogen-bond acceptors (Lipinski definition) is 1. The van der Waals surface area contributed by atoms with Crippen molar-refractivity contribution in [2.75, 3.05) is 0 Å². The van der Waals surface area contributed by atoms with E-state index in [9.17, 15) is 5.11 Å². The van der Waals surface area contributed by atoms with Gasteiger partial charge >= 0.3 is 0 Å². The highest BCUT2D eigenvalue weighted by molar-refractivity contribution is 5.40. The molecule has 0 bridgehead atoms. The Kier molecular flexibility index (Phi) is 3.58. The van der Waals surface area contributed by atoms with Crippen molar-refractivity contribution in [2.45, 2.75) is 52.1 Å². The lowest BCUT2D eigenvalue weighted by atomic mass is 9.95. The summed E-state index contributed by atoms with van der Waals surface area (Å²) in [5, 5.41) is 10.6. The number of hydrogen-bond donors (Lipinski definition) is 1. The molecule has 2 aliphatic rings. The van der Waals surface area contributed by atoms with Crippen LogP contribution in [0.1, 0.15) is 57.6 Å². The molecule has 2 atom stereocenters. The third kappa shape index (κ3) is 2.49. The molecule has 2 fully saturated rings. The molecule has 1 heteroatoms. The Morgan fingerprint density at radius 1 is 1.10 bits per heavy atom. The van der Waals surface area contributed by atoms with Gasteiger partial charge in [-0.25, -0.2) is 0 Å². The van der Waals surface area contributed by atoms with E-state index in [-0.39, 0.29) is 11.3 Å². The molecule has 0 amide bonds. The maximum atomic E-state index is 10.6. The monoisotopic (exact) mass is 268 g/mol. The Morgan fingerprint density at radius 2 is 1.75 bits per heavy atom. The summed E-state index contributed by atoms with van der Waals surface area (Å²) in [7, 11) is 0. The SMILES string of the molecule is CC1(C)C(=C=C2CCCCC2)[C@@H]1[C@@H](O)c1ccccc1. The molecule has 0 unspecified atom stereocenters. The van der Waals surface area contributed by atoms with Crippen LogP contribution < -0.4 is 0 Å². The molecule has 106 valence electrons. The van der Waals surface area contributed by atoms with Crippen molar-refractivity contribution in [3.05, 3.63) is 52.8 Å². The minimum Gasteiger partial charge on any atom is -0.388 e. The Hall–Kier alpha value is -1.30. The fourth-order valence-corrected chi connectivity index (χ4v) is 3.51. The zero-order valence-electron chi connectivity index (χ0n) is 12.5. The number of aliphatic hydroxyl groups excluding tert-OH is 1. The number of aliphatic hydroxyl groups is 1. The van der Waals surface area contributed by atoms with E-state index in [1.165, 1.54) is 43.3 Å². The minimum absolute atomic E-state index is 0.0969. The van der Waals surface area contributed by atoms with Crippen LogP contribution in [-0.4, -0.2) is 5.11 Å². The first-order valence-electron chi connectivity index (χ1n) is 7.83. The lowest BCUT2D eigenvalue weighted by Crippen LogP contribution is -2.04. The Labute approximate surface area is 122 Å². The molecule has 20 heavy (non-hydrogen) atoms. The third-order valence-electron chi connectivity index (χ3n) is 4.92. The quantitative estimate of drug-likeness (QED) is 0.764. The molecule has 1 aromatic rings. The zero-order valence-corrected chi connectivity index (χ0v) is 12.5. The van der Waals surface area contributed by atoms with E-state index in [0.717, 1.165) is 5.56 Å². The predicted octanol–water partition coefficient (Wildman–Crippen LogP) is 4.79. The van der Waals surface area contributed by atoms with Gasteiger partial charge in [-0.15, -0.1) is 5.73 Å². The molecule has 2 aliphatic carbocycles. The minimum atomic E-state index is -0.391. The summed E-state index contributed by atoms with van der Waals surface area (Å²) in [5.74, 6) is 0.235. The fraction of sp³-hybridized carbons (Fsp3) is 0.526. The lowest BCUT2D eigenvalue weighted by Gasteiger charge is -2.11. The first-order chi connectivity index (χ1) is 9.60. The second kappa shape index (κ2) is 5.24. The maximum absolute atomic E-state index is 10.6. The fourth-order valence-electron chi connectivity index (χ4n) is 3.51. The number of rotatable bonds is 2. The summed E-state index contributed by atoms with van der Waals surface area (Å²) in [6.07, 6.45) is 5.99. The Bertz CT molecular complexity index is 538. The van der Waals surface area contributed by atoms with Crippen molar-refractivity contribution in [2.24, 2.45) is 11.3 Å².